The van der Waals surface area contributed by atoms with Crippen LogP contribution in [0.5, 0.6) is 0 Å². The van der Waals surface area contributed by atoms with Crippen LogP contribution in [0.3, 0.4) is 0 Å². The maximum Gasteiger partial charge on any atom is 0.241 e. The molecular weight excluding hydrogens is 276 g/mol. The van der Waals surface area contributed by atoms with Crippen LogP contribution in [0.1, 0.15) is 17.5 Å². The first-order chi connectivity index (χ1) is 9.40. The van der Waals surface area contributed by atoms with Gasteiger partial charge in [0.05, 0.1) is 18.1 Å². The maximum absolute atomic E-state index is 12.3. The molecule has 0 saturated heterocycles. The van der Waals surface area contributed by atoms with Crippen molar-refractivity contribution in [3.05, 3.63) is 35.9 Å². The molecule has 1 aromatic rings. The third-order valence-corrected chi connectivity index (χ3v) is 4.67. The summed E-state index contributed by atoms with van der Waals surface area (Å²) in [7, 11) is -3.57. The van der Waals surface area contributed by atoms with E-state index in [9.17, 15) is 8.42 Å². The largest absolute Gasteiger partial charge is 0.398 e. The number of hydrogen-bond donors (Lipinski definition) is 2. The Morgan fingerprint density at radius 1 is 1.35 bits per heavy atom. The van der Waals surface area contributed by atoms with E-state index in [0.29, 0.717) is 30.0 Å². The third-order valence-electron chi connectivity index (χ3n) is 2.92. The molecule has 5 nitrogen and oxygen atoms in total. The van der Waals surface area contributed by atoms with Gasteiger partial charge in [0.1, 0.15) is 0 Å². The number of benzene rings is 1. The summed E-state index contributed by atoms with van der Waals surface area (Å²) in [6.07, 6.45) is 2.50. The topological polar surface area (TPSA) is 81.4 Å². The molecule has 6 heteroatoms. The first-order valence-electron chi connectivity index (χ1n) is 6.44. The highest BCUT2D eigenvalue weighted by atomic mass is 32.2. The minimum Gasteiger partial charge on any atom is -0.398 e. The summed E-state index contributed by atoms with van der Waals surface area (Å²) in [5.74, 6) is 0. The molecule has 112 valence electrons. The number of hydrogen-bond acceptors (Lipinski definition) is 4. The number of aryl methyl sites for hydroxylation is 1. The molecule has 0 spiro atoms. The van der Waals surface area contributed by atoms with Gasteiger partial charge in [-0.3, -0.25) is 0 Å². The lowest BCUT2D eigenvalue weighted by Crippen LogP contribution is -2.29. The summed E-state index contributed by atoms with van der Waals surface area (Å²) in [5.41, 5.74) is 7.49. The molecule has 3 N–H and O–H groups in total. The Hall–Kier alpha value is -1.37. The minimum absolute atomic E-state index is 0.229. The highest BCUT2D eigenvalue weighted by Gasteiger charge is 2.20. The lowest BCUT2D eigenvalue weighted by molar-refractivity contribution is 0.144. The van der Waals surface area contributed by atoms with Crippen LogP contribution in [0.25, 0.3) is 0 Å². The molecule has 0 aromatic heterocycles. The molecule has 0 atom stereocenters. The van der Waals surface area contributed by atoms with Gasteiger partial charge in [-0.15, -0.1) is 6.58 Å². The van der Waals surface area contributed by atoms with Gasteiger partial charge in [-0.1, -0.05) is 12.1 Å². The summed E-state index contributed by atoms with van der Waals surface area (Å²) in [4.78, 5) is 0.253. The van der Waals surface area contributed by atoms with Gasteiger partial charge in [0, 0.05) is 12.2 Å². The Morgan fingerprint density at radius 3 is 2.70 bits per heavy atom. The second kappa shape index (κ2) is 7.42. The van der Waals surface area contributed by atoms with Crippen LogP contribution < -0.4 is 10.5 Å². The van der Waals surface area contributed by atoms with Crippen molar-refractivity contribution in [1.29, 1.82) is 0 Å². The average molecular weight is 298 g/mol. The number of ether oxygens (including phenoxy) is 1. The van der Waals surface area contributed by atoms with E-state index < -0.39 is 10.0 Å². The van der Waals surface area contributed by atoms with Crippen molar-refractivity contribution in [2.75, 3.05) is 25.5 Å². The van der Waals surface area contributed by atoms with Gasteiger partial charge in [-0.2, -0.15) is 0 Å². The molecule has 20 heavy (non-hydrogen) atoms. The second-order valence-corrected chi connectivity index (χ2v) is 6.22. The van der Waals surface area contributed by atoms with E-state index in [4.69, 9.17) is 10.5 Å². The van der Waals surface area contributed by atoms with Crippen molar-refractivity contribution in [1.82, 2.24) is 4.72 Å². The smallest absolute Gasteiger partial charge is 0.241 e. The number of nitrogens with two attached hydrogens (primary N) is 1. The average Bonchev–Trinajstić information content (AvgIpc) is 2.38. The molecule has 0 aliphatic rings. The molecule has 0 unspecified atom stereocenters. The zero-order chi connectivity index (χ0) is 15.2. The van der Waals surface area contributed by atoms with Crippen LogP contribution in [0.15, 0.2) is 29.7 Å². The Labute approximate surface area is 120 Å². The van der Waals surface area contributed by atoms with Crippen LogP contribution in [0.4, 0.5) is 5.69 Å². The fraction of sp³-hybridized carbons (Fsp3) is 0.429. The maximum atomic E-state index is 12.3. The van der Waals surface area contributed by atoms with Crippen molar-refractivity contribution < 1.29 is 13.2 Å². The molecule has 0 amide bonds. The van der Waals surface area contributed by atoms with Gasteiger partial charge >= 0.3 is 0 Å². The Bertz CT molecular complexity index is 568. The van der Waals surface area contributed by atoms with Gasteiger partial charge in [0.2, 0.25) is 10.0 Å². The van der Waals surface area contributed by atoms with Crippen LogP contribution in [-0.4, -0.2) is 28.2 Å². The SMILES string of the molecule is C=CCCOCCNS(=O)(=O)c1c(C)ccc(N)c1C. The van der Waals surface area contributed by atoms with Crippen molar-refractivity contribution >= 4 is 15.7 Å². The molecule has 0 bridgehead atoms. The van der Waals surface area contributed by atoms with Crippen molar-refractivity contribution in [3.8, 4) is 0 Å². The van der Waals surface area contributed by atoms with E-state index in [-0.39, 0.29) is 11.4 Å². The van der Waals surface area contributed by atoms with Gasteiger partial charge in [-0.05, 0) is 37.5 Å². The van der Waals surface area contributed by atoms with Gasteiger partial charge in [0.25, 0.3) is 0 Å². The molecule has 0 aliphatic heterocycles. The summed E-state index contributed by atoms with van der Waals surface area (Å²) < 4.78 is 32.3. The molecule has 0 radical (unpaired) electrons. The number of sulfonamides is 1. The van der Waals surface area contributed by atoms with E-state index in [1.54, 1.807) is 32.1 Å². The molecule has 0 aliphatic carbocycles. The van der Waals surface area contributed by atoms with Gasteiger partial charge in [-0.25, -0.2) is 13.1 Å². The number of nitrogens with one attached hydrogen (secondary N) is 1. The van der Waals surface area contributed by atoms with Crippen LogP contribution >= 0.6 is 0 Å². The zero-order valence-corrected chi connectivity index (χ0v) is 12.8. The predicted molar refractivity (Wildman–Crippen MR) is 81.1 cm³/mol. The second-order valence-electron chi connectivity index (χ2n) is 4.51. The van der Waals surface area contributed by atoms with Gasteiger partial charge in [0.15, 0.2) is 0 Å². The number of rotatable bonds is 8. The fourth-order valence-electron chi connectivity index (χ4n) is 1.84. The minimum atomic E-state index is -3.57. The Kier molecular flexibility index (Phi) is 6.19. The quantitative estimate of drug-likeness (QED) is 0.435. The van der Waals surface area contributed by atoms with Crippen LogP contribution in [0.2, 0.25) is 0 Å². The van der Waals surface area contributed by atoms with Crippen molar-refractivity contribution in [3.63, 3.8) is 0 Å². The predicted octanol–water partition coefficient (Wildman–Crippen LogP) is 1.76. The van der Waals surface area contributed by atoms with E-state index >= 15 is 0 Å². The van der Waals surface area contributed by atoms with Crippen LogP contribution in [0, 0.1) is 13.8 Å². The van der Waals surface area contributed by atoms with E-state index in [1.807, 2.05) is 0 Å². The number of nitrogen functional groups attached to an aromatic ring is 1. The monoisotopic (exact) mass is 298 g/mol. The summed E-state index contributed by atoms with van der Waals surface area (Å²) >= 11 is 0. The van der Waals surface area contributed by atoms with E-state index in [2.05, 4.69) is 11.3 Å². The lowest BCUT2D eigenvalue weighted by atomic mass is 10.1. The first-order valence-corrected chi connectivity index (χ1v) is 7.92. The summed E-state index contributed by atoms with van der Waals surface area (Å²) in [6, 6.07) is 3.42. The van der Waals surface area contributed by atoms with E-state index in [0.717, 1.165) is 6.42 Å². The molecule has 0 fully saturated rings. The van der Waals surface area contributed by atoms with Crippen molar-refractivity contribution in [2.24, 2.45) is 0 Å². The standard InChI is InChI=1S/C14H22N2O3S/c1-4-5-9-19-10-8-16-20(17,18)14-11(2)6-7-13(15)12(14)3/h4,6-7,16H,1,5,8-10,15H2,2-3H3. The number of anilines is 1. The normalized spacial score (nSPS) is 11.5. The third kappa shape index (κ3) is 4.33. The zero-order valence-electron chi connectivity index (χ0n) is 12.0. The molecule has 1 rings (SSSR count). The van der Waals surface area contributed by atoms with Crippen LogP contribution in [-0.2, 0) is 14.8 Å². The molecule has 0 saturated carbocycles. The van der Waals surface area contributed by atoms with E-state index in [1.165, 1.54) is 0 Å². The Morgan fingerprint density at radius 2 is 2.05 bits per heavy atom. The van der Waals surface area contributed by atoms with Gasteiger partial charge < -0.3 is 10.5 Å². The molecular formula is C14H22N2O3S. The fourth-order valence-corrected chi connectivity index (χ4v) is 3.35. The highest BCUT2D eigenvalue weighted by Crippen LogP contribution is 2.24. The lowest BCUT2D eigenvalue weighted by Gasteiger charge is -2.13. The molecule has 0 heterocycles. The summed E-state index contributed by atoms with van der Waals surface area (Å²) in [6.45, 7) is 8.14. The summed E-state index contributed by atoms with van der Waals surface area (Å²) in [5, 5.41) is 0. The molecule has 1 aromatic carbocycles. The van der Waals surface area contributed by atoms with Crippen molar-refractivity contribution in [2.45, 2.75) is 25.2 Å². The Balaban J connectivity index is 2.70. The highest BCUT2D eigenvalue weighted by molar-refractivity contribution is 7.89. The first kappa shape index (κ1) is 16.7.